The second kappa shape index (κ2) is 10.4. The molecule has 1 fully saturated rings. The Hall–Kier alpha value is -2.34. The summed E-state index contributed by atoms with van der Waals surface area (Å²) >= 11 is 0. The van der Waals surface area contributed by atoms with Crippen molar-refractivity contribution < 1.29 is 4.74 Å². The first-order chi connectivity index (χ1) is 14.1. The quantitative estimate of drug-likeness (QED) is 0.574. The molecule has 6 heteroatoms. The maximum atomic E-state index is 5.79. The van der Waals surface area contributed by atoms with Crippen LogP contribution in [0.25, 0.3) is 0 Å². The van der Waals surface area contributed by atoms with E-state index in [9.17, 15) is 0 Å². The van der Waals surface area contributed by atoms with E-state index in [1.165, 1.54) is 16.8 Å². The molecular formula is C23H35N5O. The molecule has 0 aliphatic carbocycles. The summed E-state index contributed by atoms with van der Waals surface area (Å²) in [6, 6.07) is 10.5. The third kappa shape index (κ3) is 5.60. The van der Waals surface area contributed by atoms with Gasteiger partial charge < -0.3 is 15.0 Å². The van der Waals surface area contributed by atoms with Crippen molar-refractivity contribution in [2.75, 3.05) is 26.2 Å². The number of guanidine groups is 1. The van der Waals surface area contributed by atoms with Gasteiger partial charge in [0, 0.05) is 37.5 Å². The van der Waals surface area contributed by atoms with Gasteiger partial charge in [-0.3, -0.25) is 4.68 Å². The zero-order chi connectivity index (χ0) is 20.6. The molecule has 1 N–H and O–H groups in total. The first-order valence-electron chi connectivity index (χ1n) is 10.8. The molecule has 29 heavy (non-hydrogen) atoms. The summed E-state index contributed by atoms with van der Waals surface area (Å²) in [6.45, 7) is 13.5. The van der Waals surface area contributed by atoms with Crippen LogP contribution in [0.2, 0.25) is 0 Å². The van der Waals surface area contributed by atoms with Crippen LogP contribution in [-0.2, 0) is 17.8 Å². The highest BCUT2D eigenvalue weighted by Crippen LogP contribution is 2.17. The van der Waals surface area contributed by atoms with Crippen LogP contribution in [-0.4, -0.2) is 53.0 Å². The summed E-state index contributed by atoms with van der Waals surface area (Å²) in [6.07, 6.45) is 2.51. The van der Waals surface area contributed by atoms with Gasteiger partial charge in [-0.2, -0.15) is 5.10 Å². The number of nitrogens with one attached hydrogen (secondary N) is 1. The maximum absolute atomic E-state index is 5.79. The fourth-order valence-corrected chi connectivity index (χ4v) is 3.92. The van der Waals surface area contributed by atoms with Gasteiger partial charge in [-0.25, -0.2) is 4.99 Å². The molecule has 1 aliphatic rings. The maximum Gasteiger partial charge on any atom is 0.194 e. The highest BCUT2D eigenvalue weighted by atomic mass is 16.5. The van der Waals surface area contributed by atoms with E-state index < -0.39 is 0 Å². The van der Waals surface area contributed by atoms with Crippen LogP contribution < -0.4 is 5.32 Å². The SMILES string of the molecule is CCNC(=NCc1c(C)nn(Cc2ccccc2)c1C)N1CCC(OCC)CC1. The van der Waals surface area contributed by atoms with Crippen LogP contribution in [0, 0.1) is 13.8 Å². The summed E-state index contributed by atoms with van der Waals surface area (Å²) in [5.41, 5.74) is 4.74. The van der Waals surface area contributed by atoms with Gasteiger partial charge in [-0.1, -0.05) is 30.3 Å². The van der Waals surface area contributed by atoms with Crippen LogP contribution in [0.4, 0.5) is 0 Å². The second-order valence-corrected chi connectivity index (χ2v) is 7.60. The lowest BCUT2D eigenvalue weighted by Gasteiger charge is -2.34. The van der Waals surface area contributed by atoms with E-state index in [0.29, 0.717) is 12.6 Å². The molecule has 1 aromatic carbocycles. The molecule has 0 spiro atoms. The number of ether oxygens (including phenoxy) is 1. The summed E-state index contributed by atoms with van der Waals surface area (Å²) in [4.78, 5) is 7.32. The van der Waals surface area contributed by atoms with Crippen LogP contribution in [0.3, 0.4) is 0 Å². The fraction of sp³-hybridized carbons (Fsp3) is 0.565. The Kier molecular flexibility index (Phi) is 7.69. The van der Waals surface area contributed by atoms with E-state index >= 15 is 0 Å². The molecule has 0 radical (unpaired) electrons. The minimum absolute atomic E-state index is 0.389. The molecule has 2 heterocycles. The molecule has 1 aromatic heterocycles. The molecule has 3 rings (SSSR count). The molecule has 1 saturated heterocycles. The van der Waals surface area contributed by atoms with Gasteiger partial charge in [0.15, 0.2) is 5.96 Å². The van der Waals surface area contributed by atoms with Crippen molar-refractivity contribution in [3.63, 3.8) is 0 Å². The highest BCUT2D eigenvalue weighted by Gasteiger charge is 2.22. The van der Waals surface area contributed by atoms with Gasteiger partial charge in [-0.05, 0) is 46.1 Å². The van der Waals surface area contributed by atoms with Crippen molar-refractivity contribution in [1.82, 2.24) is 20.0 Å². The van der Waals surface area contributed by atoms with Crippen LogP contribution >= 0.6 is 0 Å². The third-order valence-corrected chi connectivity index (χ3v) is 5.57. The van der Waals surface area contributed by atoms with Crippen molar-refractivity contribution in [3.05, 3.63) is 52.8 Å². The minimum atomic E-state index is 0.389. The van der Waals surface area contributed by atoms with Gasteiger partial charge in [0.1, 0.15) is 0 Å². The minimum Gasteiger partial charge on any atom is -0.378 e. The van der Waals surface area contributed by atoms with E-state index in [2.05, 4.69) is 66.9 Å². The first kappa shape index (κ1) is 21.4. The smallest absolute Gasteiger partial charge is 0.194 e. The van der Waals surface area contributed by atoms with Crippen molar-refractivity contribution >= 4 is 5.96 Å². The Labute approximate surface area is 175 Å². The van der Waals surface area contributed by atoms with Crippen LogP contribution in [0.1, 0.15) is 49.2 Å². The number of piperidine rings is 1. The number of hydrogen-bond acceptors (Lipinski definition) is 3. The van der Waals surface area contributed by atoms with Crippen molar-refractivity contribution in [3.8, 4) is 0 Å². The Bertz CT molecular complexity index is 791. The zero-order valence-electron chi connectivity index (χ0n) is 18.3. The van der Waals surface area contributed by atoms with E-state index in [1.807, 2.05) is 6.07 Å². The number of aromatic nitrogens is 2. The Balaban J connectivity index is 1.69. The van der Waals surface area contributed by atoms with Crippen LogP contribution in [0.5, 0.6) is 0 Å². The van der Waals surface area contributed by atoms with Crippen molar-refractivity contribution in [2.24, 2.45) is 4.99 Å². The molecule has 0 atom stereocenters. The average Bonchev–Trinajstić information content (AvgIpc) is 3.00. The number of benzene rings is 1. The monoisotopic (exact) mass is 397 g/mol. The molecular weight excluding hydrogens is 362 g/mol. The Morgan fingerprint density at radius 3 is 2.55 bits per heavy atom. The highest BCUT2D eigenvalue weighted by molar-refractivity contribution is 5.80. The lowest BCUT2D eigenvalue weighted by atomic mass is 10.1. The van der Waals surface area contributed by atoms with Gasteiger partial charge >= 0.3 is 0 Å². The molecule has 2 aromatic rings. The molecule has 0 saturated carbocycles. The molecule has 0 amide bonds. The predicted molar refractivity (Wildman–Crippen MR) is 118 cm³/mol. The zero-order valence-corrected chi connectivity index (χ0v) is 18.3. The van der Waals surface area contributed by atoms with Gasteiger partial charge in [0.2, 0.25) is 0 Å². The lowest BCUT2D eigenvalue weighted by molar-refractivity contribution is 0.0263. The summed E-state index contributed by atoms with van der Waals surface area (Å²) < 4.78 is 7.88. The van der Waals surface area contributed by atoms with Crippen molar-refractivity contribution in [2.45, 2.75) is 59.7 Å². The first-order valence-corrected chi connectivity index (χ1v) is 10.8. The standard InChI is InChI=1S/C23H35N5O/c1-5-24-23(27-14-12-21(13-15-27)29-6-2)25-16-22-18(3)26-28(19(22)4)17-20-10-8-7-9-11-20/h7-11,21H,5-6,12-17H2,1-4H3,(H,24,25). The molecule has 0 bridgehead atoms. The molecule has 6 nitrogen and oxygen atoms in total. The third-order valence-electron chi connectivity index (χ3n) is 5.57. The Morgan fingerprint density at radius 2 is 1.90 bits per heavy atom. The van der Waals surface area contributed by atoms with E-state index in [0.717, 1.165) is 57.3 Å². The summed E-state index contributed by atoms with van der Waals surface area (Å²) in [7, 11) is 0. The van der Waals surface area contributed by atoms with Gasteiger partial charge in [0.25, 0.3) is 0 Å². The largest absolute Gasteiger partial charge is 0.378 e. The normalized spacial score (nSPS) is 15.7. The number of aliphatic imine (C=N–C) groups is 1. The van der Waals surface area contributed by atoms with Crippen molar-refractivity contribution in [1.29, 1.82) is 0 Å². The number of rotatable bonds is 7. The summed E-state index contributed by atoms with van der Waals surface area (Å²) in [5, 5.41) is 8.23. The second-order valence-electron chi connectivity index (χ2n) is 7.60. The van der Waals surface area contributed by atoms with Gasteiger partial charge in [-0.15, -0.1) is 0 Å². The topological polar surface area (TPSA) is 54.7 Å². The lowest BCUT2D eigenvalue weighted by Crippen LogP contribution is -2.47. The van der Waals surface area contributed by atoms with E-state index in [-0.39, 0.29) is 0 Å². The van der Waals surface area contributed by atoms with Gasteiger partial charge in [0.05, 0.1) is 24.9 Å². The molecule has 1 aliphatic heterocycles. The molecule has 0 unspecified atom stereocenters. The number of nitrogens with zero attached hydrogens (tertiary/aromatic N) is 4. The fourth-order valence-electron chi connectivity index (χ4n) is 3.92. The average molecular weight is 398 g/mol. The molecule has 158 valence electrons. The predicted octanol–water partition coefficient (Wildman–Crippen LogP) is 3.51. The van der Waals surface area contributed by atoms with E-state index in [1.54, 1.807) is 0 Å². The summed E-state index contributed by atoms with van der Waals surface area (Å²) in [5.74, 6) is 0.997. The number of hydrogen-bond donors (Lipinski definition) is 1. The Morgan fingerprint density at radius 1 is 1.17 bits per heavy atom. The number of aryl methyl sites for hydroxylation is 1. The number of likely N-dealkylation sites (tertiary alicyclic amines) is 1. The van der Waals surface area contributed by atoms with E-state index in [4.69, 9.17) is 14.8 Å². The van der Waals surface area contributed by atoms with Crippen LogP contribution in [0.15, 0.2) is 35.3 Å².